The summed E-state index contributed by atoms with van der Waals surface area (Å²) >= 11 is 0. The summed E-state index contributed by atoms with van der Waals surface area (Å²) < 4.78 is 33.9. The van der Waals surface area contributed by atoms with Crippen LogP contribution < -0.4 is 4.89 Å². The average molecular weight is 852 g/mol. The maximum Gasteiger partial charge on any atom is 0.306 e. The highest BCUT2D eigenvalue weighted by atomic mass is 31.2. The maximum atomic E-state index is 12.7. The molecule has 0 saturated heterocycles. The van der Waals surface area contributed by atoms with E-state index in [4.69, 9.17) is 18.5 Å². The lowest BCUT2D eigenvalue weighted by Crippen LogP contribution is -2.37. The van der Waals surface area contributed by atoms with Gasteiger partial charge in [0.15, 0.2) is 6.10 Å². The third-order valence-electron chi connectivity index (χ3n) is 9.71. The quantitative estimate of drug-likeness (QED) is 0.0159. The molecule has 1 N–H and O–H groups in total. The third kappa shape index (κ3) is 43.6. The highest BCUT2D eigenvalue weighted by Gasteiger charge is 2.21. The Hall–Kier alpha value is -2.33. The molecule has 0 rings (SSSR count). The van der Waals surface area contributed by atoms with Crippen LogP contribution in [0.3, 0.4) is 0 Å². The number of rotatable bonds is 41. The van der Waals surface area contributed by atoms with Crippen LogP contribution >= 0.6 is 7.82 Å². The Balaban J connectivity index is 4.43. The van der Waals surface area contributed by atoms with Gasteiger partial charge in [0, 0.05) is 12.8 Å². The first-order chi connectivity index (χ1) is 28.4. The second-order valence-electron chi connectivity index (χ2n) is 16.6. The molecule has 0 aromatic carbocycles. The normalized spacial score (nSPS) is 14.6. The van der Waals surface area contributed by atoms with E-state index in [1.807, 2.05) is 52.4 Å². The monoisotopic (exact) mass is 852 g/mol. The summed E-state index contributed by atoms with van der Waals surface area (Å²) in [5.41, 5.74) is 0. The minimum Gasteiger partial charge on any atom is -0.756 e. The highest BCUT2D eigenvalue weighted by molar-refractivity contribution is 7.45. The molecular weight excluding hydrogens is 766 g/mol. The van der Waals surface area contributed by atoms with E-state index >= 15 is 0 Å². The van der Waals surface area contributed by atoms with Gasteiger partial charge in [-0.2, -0.15) is 0 Å². The lowest BCUT2D eigenvalue weighted by atomic mass is 10.0. The van der Waals surface area contributed by atoms with Gasteiger partial charge >= 0.3 is 11.9 Å². The number of carbonyl (C=O) groups excluding carboxylic acids is 2. The Kier molecular flexibility index (Phi) is 38.2. The first-order valence-corrected chi connectivity index (χ1v) is 24.6. The molecule has 0 aromatic rings. The van der Waals surface area contributed by atoms with E-state index < -0.39 is 32.5 Å². The minimum absolute atomic E-state index is 0.0468. The third-order valence-corrected chi connectivity index (χ3v) is 10.7. The molecule has 0 spiro atoms. The molecule has 0 aliphatic carbocycles. The molecule has 1 unspecified atom stereocenters. The van der Waals surface area contributed by atoms with E-state index in [0.29, 0.717) is 36.7 Å². The number of phosphoric ester groups is 1. The van der Waals surface area contributed by atoms with Crippen LogP contribution in [0.2, 0.25) is 0 Å². The second-order valence-corrected chi connectivity index (χ2v) is 18.0. The number of phosphoric acid groups is 1. The molecule has 11 heteroatoms. The van der Waals surface area contributed by atoms with Crippen molar-refractivity contribution in [1.29, 1.82) is 0 Å². The van der Waals surface area contributed by atoms with E-state index in [9.17, 15) is 24.2 Å². The van der Waals surface area contributed by atoms with Crippen LogP contribution in [0, 0.1) is 0 Å². The van der Waals surface area contributed by atoms with Crippen LogP contribution in [0.25, 0.3) is 0 Å². The van der Waals surface area contributed by atoms with E-state index in [-0.39, 0.29) is 32.2 Å². The molecule has 0 fully saturated rings. The molecule has 0 radical (unpaired) electrons. The van der Waals surface area contributed by atoms with Crippen molar-refractivity contribution in [2.75, 3.05) is 47.5 Å². The van der Waals surface area contributed by atoms with E-state index in [1.54, 1.807) is 6.08 Å². The van der Waals surface area contributed by atoms with Crippen LogP contribution in [0.1, 0.15) is 174 Å². The summed E-state index contributed by atoms with van der Waals surface area (Å²) in [4.78, 5) is 37.6. The summed E-state index contributed by atoms with van der Waals surface area (Å²) in [5.74, 6) is -0.920. The zero-order valence-electron chi connectivity index (χ0n) is 38.0. The fraction of sp³-hybridized carbons (Fsp3) is 0.750. The number of esters is 2. The molecule has 3 atom stereocenters. The maximum absolute atomic E-state index is 12.7. The summed E-state index contributed by atoms with van der Waals surface area (Å²) in [5, 5.41) is 9.48. The molecule has 0 saturated carbocycles. The number of quaternary nitrogens is 1. The first kappa shape index (κ1) is 56.7. The molecule has 0 aliphatic rings. The van der Waals surface area contributed by atoms with Crippen molar-refractivity contribution < 1.29 is 47.2 Å². The van der Waals surface area contributed by atoms with Crippen LogP contribution in [-0.4, -0.2) is 81.2 Å². The number of allylic oxidation sites excluding steroid dienone is 9. The van der Waals surface area contributed by atoms with Crippen molar-refractivity contribution >= 4 is 19.8 Å². The van der Waals surface area contributed by atoms with Gasteiger partial charge in [-0.3, -0.25) is 14.2 Å². The number of nitrogens with zero attached hydrogens (tertiary/aromatic N) is 1. The van der Waals surface area contributed by atoms with E-state index in [1.165, 1.54) is 83.5 Å². The zero-order valence-corrected chi connectivity index (χ0v) is 38.9. The van der Waals surface area contributed by atoms with Crippen molar-refractivity contribution in [3.05, 3.63) is 60.8 Å². The number of hydrogen-bond donors (Lipinski definition) is 1. The van der Waals surface area contributed by atoms with Crippen molar-refractivity contribution in [3.63, 3.8) is 0 Å². The number of hydrogen-bond acceptors (Lipinski definition) is 9. The molecule has 0 amide bonds. The van der Waals surface area contributed by atoms with Crippen molar-refractivity contribution in [3.8, 4) is 0 Å². The van der Waals surface area contributed by atoms with Gasteiger partial charge < -0.3 is 33.0 Å². The average Bonchev–Trinajstić information content (AvgIpc) is 3.19. The van der Waals surface area contributed by atoms with Crippen LogP contribution in [0.15, 0.2) is 60.8 Å². The summed E-state index contributed by atoms with van der Waals surface area (Å²) in [6.07, 6.45) is 44.9. The largest absolute Gasteiger partial charge is 0.756 e. The van der Waals surface area contributed by atoms with Gasteiger partial charge in [0.2, 0.25) is 0 Å². The topological polar surface area (TPSA) is 131 Å². The van der Waals surface area contributed by atoms with Crippen LogP contribution in [0.5, 0.6) is 0 Å². The number of aliphatic hydroxyl groups is 1. The van der Waals surface area contributed by atoms with Gasteiger partial charge in [-0.05, 0) is 44.9 Å². The second kappa shape index (κ2) is 39.8. The number of ether oxygens (including phenoxy) is 2. The van der Waals surface area contributed by atoms with Gasteiger partial charge in [0.25, 0.3) is 7.82 Å². The van der Waals surface area contributed by atoms with E-state index in [0.717, 1.165) is 38.5 Å². The predicted octanol–water partition coefficient (Wildman–Crippen LogP) is 11.6. The predicted molar refractivity (Wildman–Crippen MR) is 242 cm³/mol. The molecule has 0 bridgehead atoms. The molecule has 0 aromatic heterocycles. The Morgan fingerprint density at radius 2 is 1.12 bits per heavy atom. The molecule has 0 aliphatic heterocycles. The van der Waals surface area contributed by atoms with Gasteiger partial charge in [-0.15, -0.1) is 0 Å². The summed E-state index contributed by atoms with van der Waals surface area (Å²) in [6.45, 7) is 3.83. The van der Waals surface area contributed by atoms with Gasteiger partial charge in [-0.25, -0.2) is 0 Å². The van der Waals surface area contributed by atoms with Gasteiger partial charge in [0.1, 0.15) is 19.8 Å². The fourth-order valence-electron chi connectivity index (χ4n) is 5.94. The summed E-state index contributed by atoms with van der Waals surface area (Å²) in [7, 11) is 1.11. The standard InChI is InChI=1S/C48H86NO9P/c1-6-8-9-10-11-12-13-14-15-16-17-22-25-28-31-34-37-40-48(52)58-46(44-57-59(53,54)56-42-41-49(3,4)5)43-55-47(51)39-36-33-30-27-24-21-19-18-20-23-26-29-32-35-38-45(50)7-2/h19-21,23,27,29-30,32,35,38,45-46,50H,6-18,22,24-26,28,31,33-34,36-37,39-44H2,1-5H3/b21-19-,23-20-,30-27-,32-29-,38-35+/t45-,46+/m0/s1. The fourth-order valence-corrected chi connectivity index (χ4v) is 6.66. The first-order valence-electron chi connectivity index (χ1n) is 23.1. The highest BCUT2D eigenvalue weighted by Crippen LogP contribution is 2.38. The van der Waals surface area contributed by atoms with Gasteiger partial charge in [-0.1, -0.05) is 177 Å². The number of unbranched alkanes of at least 4 members (excludes halogenated alkanes) is 17. The Morgan fingerprint density at radius 1 is 0.627 bits per heavy atom. The molecule has 10 nitrogen and oxygen atoms in total. The van der Waals surface area contributed by atoms with Crippen LogP contribution in [-0.2, 0) is 32.7 Å². The Bertz CT molecular complexity index is 1210. The lowest BCUT2D eigenvalue weighted by Gasteiger charge is -2.28. The number of likely N-dealkylation sites (N-methyl/N-ethyl adjacent to an activating group) is 1. The van der Waals surface area contributed by atoms with Crippen LogP contribution in [0.4, 0.5) is 0 Å². The smallest absolute Gasteiger partial charge is 0.306 e. The lowest BCUT2D eigenvalue weighted by molar-refractivity contribution is -0.870. The van der Waals surface area contributed by atoms with Crippen molar-refractivity contribution in [2.24, 2.45) is 0 Å². The SMILES string of the molecule is CCCCCCCCCCCCCCCCCCCC(=O)O[C@H](COC(=O)CCC/C=C\C/C=C\C/C=C\C/C=C\C=C\[C@@H](O)CC)COP(=O)([O-])OCC[N+](C)(C)C. The van der Waals surface area contributed by atoms with Crippen molar-refractivity contribution in [1.82, 2.24) is 0 Å². The number of aliphatic hydroxyl groups excluding tert-OH is 1. The summed E-state index contributed by atoms with van der Waals surface area (Å²) in [6, 6.07) is 0. The van der Waals surface area contributed by atoms with Crippen molar-refractivity contribution in [2.45, 2.75) is 187 Å². The zero-order chi connectivity index (χ0) is 43.7. The molecule has 59 heavy (non-hydrogen) atoms. The minimum atomic E-state index is -4.65. The van der Waals surface area contributed by atoms with Gasteiger partial charge in [0.05, 0.1) is 33.9 Å². The molecule has 0 heterocycles. The molecular formula is C48H86NO9P. The number of carbonyl (C=O) groups is 2. The molecule has 342 valence electrons. The van der Waals surface area contributed by atoms with E-state index in [2.05, 4.69) is 37.3 Å². The Labute approximate surface area is 360 Å². The Morgan fingerprint density at radius 3 is 1.64 bits per heavy atom.